The number of nitrogens with zero attached hydrogens (tertiary/aromatic N) is 4. The standard InChI is InChI=1S/C14H19BrN4O4/c1-14(2,3)23-13(20)17(4)10-7-18(8-10)12-11(19(21)22)5-9(15)6-16-12/h5-6,10H,7-8H2,1-4H3. The lowest BCUT2D eigenvalue weighted by Gasteiger charge is -2.44. The zero-order valence-electron chi connectivity index (χ0n) is 13.4. The largest absolute Gasteiger partial charge is 0.444 e. The SMILES string of the molecule is CN(C(=O)OC(C)(C)C)C1CN(c2ncc(Br)cc2[N+](=O)[O-])C1. The second kappa shape index (κ2) is 6.31. The Balaban J connectivity index is 2.02. The van der Waals surface area contributed by atoms with Crippen molar-refractivity contribution in [3.8, 4) is 0 Å². The monoisotopic (exact) mass is 386 g/mol. The lowest BCUT2D eigenvalue weighted by molar-refractivity contribution is -0.384. The molecule has 2 heterocycles. The van der Waals surface area contributed by atoms with E-state index < -0.39 is 16.6 Å². The first-order chi connectivity index (χ1) is 10.6. The number of carbonyl (C=O) groups is 1. The normalized spacial score (nSPS) is 15.1. The number of hydrogen-bond acceptors (Lipinski definition) is 6. The molecule has 0 saturated carbocycles. The van der Waals surface area contributed by atoms with Gasteiger partial charge in [-0.25, -0.2) is 9.78 Å². The zero-order valence-corrected chi connectivity index (χ0v) is 15.0. The van der Waals surface area contributed by atoms with Gasteiger partial charge in [-0.1, -0.05) is 0 Å². The lowest BCUT2D eigenvalue weighted by Crippen LogP contribution is -2.60. The Labute approximate surface area is 142 Å². The Bertz CT molecular complexity index is 626. The van der Waals surface area contributed by atoms with Crippen molar-refractivity contribution in [2.24, 2.45) is 0 Å². The minimum atomic E-state index is -0.555. The molecule has 1 aliphatic rings. The smallest absolute Gasteiger partial charge is 0.410 e. The van der Waals surface area contributed by atoms with Crippen molar-refractivity contribution >= 4 is 33.5 Å². The molecule has 0 N–H and O–H groups in total. The van der Waals surface area contributed by atoms with Crippen LogP contribution in [0.25, 0.3) is 0 Å². The van der Waals surface area contributed by atoms with Crippen molar-refractivity contribution < 1.29 is 14.5 Å². The summed E-state index contributed by atoms with van der Waals surface area (Å²) >= 11 is 3.18. The molecule has 1 aliphatic heterocycles. The molecule has 1 saturated heterocycles. The Morgan fingerprint density at radius 3 is 2.65 bits per heavy atom. The Hall–Kier alpha value is -1.90. The van der Waals surface area contributed by atoms with Crippen LogP contribution in [0.5, 0.6) is 0 Å². The Morgan fingerprint density at radius 2 is 2.13 bits per heavy atom. The van der Waals surface area contributed by atoms with Crippen LogP contribution in [-0.2, 0) is 4.74 Å². The average molecular weight is 387 g/mol. The molecule has 1 aromatic rings. The topological polar surface area (TPSA) is 88.8 Å². The summed E-state index contributed by atoms with van der Waals surface area (Å²) in [5.41, 5.74) is -0.612. The molecule has 0 unspecified atom stereocenters. The summed E-state index contributed by atoms with van der Waals surface area (Å²) in [6, 6.07) is 1.36. The van der Waals surface area contributed by atoms with Gasteiger partial charge in [-0.05, 0) is 36.7 Å². The van der Waals surface area contributed by atoms with Crippen molar-refractivity contribution in [2.75, 3.05) is 25.0 Å². The van der Waals surface area contributed by atoms with E-state index in [4.69, 9.17) is 4.74 Å². The van der Waals surface area contributed by atoms with E-state index >= 15 is 0 Å². The first-order valence-corrected chi connectivity index (χ1v) is 7.88. The van der Waals surface area contributed by atoms with Gasteiger partial charge in [0.1, 0.15) is 5.60 Å². The molecule has 0 atom stereocenters. The molecule has 126 valence electrons. The third-order valence-corrected chi connectivity index (χ3v) is 3.84. The molecule has 8 nitrogen and oxygen atoms in total. The first-order valence-electron chi connectivity index (χ1n) is 7.09. The number of hydrogen-bond donors (Lipinski definition) is 0. The van der Waals surface area contributed by atoms with Crippen LogP contribution in [0, 0.1) is 10.1 Å². The molecule has 2 rings (SSSR count). The van der Waals surface area contributed by atoms with Gasteiger partial charge in [-0.15, -0.1) is 0 Å². The molecule has 1 amide bonds. The van der Waals surface area contributed by atoms with Crippen LogP contribution in [0.3, 0.4) is 0 Å². The van der Waals surface area contributed by atoms with Crippen LogP contribution >= 0.6 is 15.9 Å². The van der Waals surface area contributed by atoms with E-state index in [1.54, 1.807) is 32.7 Å². The molecule has 0 radical (unpaired) electrons. The summed E-state index contributed by atoms with van der Waals surface area (Å²) < 4.78 is 5.87. The fourth-order valence-corrected chi connectivity index (χ4v) is 2.47. The molecule has 0 aliphatic carbocycles. The van der Waals surface area contributed by atoms with Crippen molar-refractivity contribution in [1.82, 2.24) is 9.88 Å². The van der Waals surface area contributed by atoms with Crippen LogP contribution < -0.4 is 4.90 Å². The van der Waals surface area contributed by atoms with Gasteiger partial charge in [0.2, 0.25) is 5.82 Å². The summed E-state index contributed by atoms with van der Waals surface area (Å²) in [6.07, 6.45) is 1.12. The molecule has 0 bridgehead atoms. The highest BCUT2D eigenvalue weighted by Gasteiger charge is 2.37. The van der Waals surface area contributed by atoms with E-state index in [1.165, 1.54) is 17.2 Å². The number of amides is 1. The van der Waals surface area contributed by atoms with Gasteiger partial charge in [0.25, 0.3) is 0 Å². The number of carbonyl (C=O) groups excluding carboxylic acids is 1. The van der Waals surface area contributed by atoms with Gasteiger partial charge in [0.05, 0.1) is 11.0 Å². The predicted octanol–water partition coefficient (Wildman–Crippen LogP) is 2.81. The number of rotatable bonds is 3. The summed E-state index contributed by atoms with van der Waals surface area (Å²) in [4.78, 5) is 30.1. The summed E-state index contributed by atoms with van der Waals surface area (Å²) in [7, 11) is 1.67. The number of anilines is 1. The van der Waals surface area contributed by atoms with Crippen LogP contribution in [0.4, 0.5) is 16.3 Å². The summed E-state index contributed by atoms with van der Waals surface area (Å²) in [5.74, 6) is 0.312. The molecule has 0 aromatic carbocycles. The Kier molecular flexibility index (Phi) is 4.79. The Morgan fingerprint density at radius 1 is 1.52 bits per heavy atom. The van der Waals surface area contributed by atoms with E-state index in [0.29, 0.717) is 23.4 Å². The minimum Gasteiger partial charge on any atom is -0.444 e. The third-order valence-electron chi connectivity index (χ3n) is 3.40. The molecule has 9 heteroatoms. The maximum absolute atomic E-state index is 12.0. The van der Waals surface area contributed by atoms with E-state index in [1.807, 2.05) is 0 Å². The minimum absolute atomic E-state index is 0.0576. The van der Waals surface area contributed by atoms with Crippen molar-refractivity contribution in [3.63, 3.8) is 0 Å². The molecular formula is C14H19BrN4O4. The van der Waals surface area contributed by atoms with E-state index in [9.17, 15) is 14.9 Å². The van der Waals surface area contributed by atoms with Crippen molar-refractivity contribution in [3.05, 3.63) is 26.9 Å². The van der Waals surface area contributed by atoms with Crippen molar-refractivity contribution in [1.29, 1.82) is 0 Å². The second-order valence-electron chi connectivity index (χ2n) is 6.40. The highest BCUT2D eigenvalue weighted by Crippen LogP contribution is 2.32. The maximum Gasteiger partial charge on any atom is 0.410 e. The van der Waals surface area contributed by atoms with Crippen LogP contribution in [0.2, 0.25) is 0 Å². The number of aromatic nitrogens is 1. The molecular weight excluding hydrogens is 368 g/mol. The molecule has 23 heavy (non-hydrogen) atoms. The van der Waals surface area contributed by atoms with Gasteiger partial charge >= 0.3 is 11.8 Å². The first kappa shape index (κ1) is 17.5. The second-order valence-corrected chi connectivity index (χ2v) is 7.32. The predicted molar refractivity (Wildman–Crippen MR) is 88.6 cm³/mol. The number of halogens is 1. The molecule has 1 aromatic heterocycles. The number of ether oxygens (including phenoxy) is 1. The van der Waals surface area contributed by atoms with Gasteiger partial charge in [-0.3, -0.25) is 10.1 Å². The van der Waals surface area contributed by atoms with E-state index in [-0.39, 0.29) is 11.7 Å². The van der Waals surface area contributed by atoms with Gasteiger partial charge in [0.15, 0.2) is 0 Å². The highest BCUT2D eigenvalue weighted by molar-refractivity contribution is 9.10. The molecule has 0 spiro atoms. The number of nitro groups is 1. The van der Waals surface area contributed by atoms with Gasteiger partial charge in [-0.2, -0.15) is 0 Å². The van der Waals surface area contributed by atoms with Crippen LogP contribution in [-0.4, -0.2) is 52.7 Å². The van der Waals surface area contributed by atoms with E-state index in [0.717, 1.165) is 0 Å². The highest BCUT2D eigenvalue weighted by atomic mass is 79.9. The summed E-state index contributed by atoms with van der Waals surface area (Å²) in [5, 5.41) is 11.1. The quantitative estimate of drug-likeness (QED) is 0.585. The van der Waals surface area contributed by atoms with Crippen LogP contribution in [0.15, 0.2) is 16.7 Å². The summed E-state index contributed by atoms with van der Waals surface area (Å²) in [6.45, 7) is 6.37. The number of likely N-dealkylation sites (N-methyl/N-ethyl adjacent to an activating group) is 1. The zero-order chi connectivity index (χ0) is 17.4. The van der Waals surface area contributed by atoms with Crippen LogP contribution in [0.1, 0.15) is 20.8 Å². The van der Waals surface area contributed by atoms with Gasteiger partial charge < -0.3 is 14.5 Å². The lowest BCUT2D eigenvalue weighted by atomic mass is 10.1. The fraction of sp³-hybridized carbons (Fsp3) is 0.571. The van der Waals surface area contributed by atoms with Crippen molar-refractivity contribution in [2.45, 2.75) is 32.4 Å². The average Bonchev–Trinajstić information content (AvgIpc) is 2.36. The third kappa shape index (κ3) is 4.10. The van der Waals surface area contributed by atoms with Gasteiger partial charge in [0, 0.05) is 36.9 Å². The maximum atomic E-state index is 12.0. The van der Waals surface area contributed by atoms with E-state index in [2.05, 4.69) is 20.9 Å². The fourth-order valence-electron chi connectivity index (χ4n) is 2.16. The molecule has 1 fully saturated rings. The number of pyridine rings is 1.